The maximum Gasteiger partial charge on any atom is 0.0800 e. The van der Waals surface area contributed by atoms with Crippen molar-refractivity contribution in [3.63, 3.8) is 0 Å². The fraction of sp³-hybridized carbons (Fsp3) is 0.533. The number of aromatic nitrogens is 2. The van der Waals surface area contributed by atoms with Gasteiger partial charge in [0, 0.05) is 24.0 Å². The molecule has 1 aliphatic carbocycles. The SMILES string of the molecule is CCNC(c1ccn(C)n1)C1CCCc2sccc21. The smallest absolute Gasteiger partial charge is 0.0800 e. The van der Waals surface area contributed by atoms with E-state index >= 15 is 0 Å². The Labute approximate surface area is 118 Å². The van der Waals surface area contributed by atoms with Crippen molar-refractivity contribution in [2.45, 2.75) is 38.1 Å². The highest BCUT2D eigenvalue weighted by atomic mass is 32.1. The summed E-state index contributed by atoms with van der Waals surface area (Å²) in [7, 11) is 1.99. The van der Waals surface area contributed by atoms with Gasteiger partial charge in [-0.1, -0.05) is 6.92 Å². The molecule has 0 saturated carbocycles. The quantitative estimate of drug-likeness (QED) is 0.928. The summed E-state index contributed by atoms with van der Waals surface area (Å²) < 4.78 is 1.90. The highest BCUT2D eigenvalue weighted by molar-refractivity contribution is 7.10. The lowest BCUT2D eigenvalue weighted by atomic mass is 9.81. The third-order valence-corrected chi connectivity index (χ3v) is 4.97. The van der Waals surface area contributed by atoms with Gasteiger partial charge < -0.3 is 5.32 Å². The molecule has 19 heavy (non-hydrogen) atoms. The Bertz CT molecular complexity index is 543. The Hall–Kier alpha value is -1.13. The second-order valence-corrected chi connectivity index (χ2v) is 6.25. The van der Waals surface area contributed by atoms with Gasteiger partial charge in [0.1, 0.15) is 0 Å². The molecule has 0 aromatic carbocycles. The van der Waals surface area contributed by atoms with Gasteiger partial charge in [-0.05, 0) is 48.9 Å². The summed E-state index contributed by atoms with van der Waals surface area (Å²) in [6.07, 6.45) is 5.85. The third-order valence-electron chi connectivity index (χ3n) is 3.98. The first-order valence-corrected chi connectivity index (χ1v) is 7.96. The molecular weight excluding hydrogens is 254 g/mol. The van der Waals surface area contributed by atoms with Crippen molar-refractivity contribution in [2.75, 3.05) is 6.54 Å². The number of rotatable bonds is 4. The van der Waals surface area contributed by atoms with Crippen LogP contribution in [-0.4, -0.2) is 16.3 Å². The van der Waals surface area contributed by atoms with Gasteiger partial charge in [0.15, 0.2) is 0 Å². The number of fused-ring (bicyclic) bond motifs is 1. The molecule has 0 saturated heterocycles. The summed E-state index contributed by atoms with van der Waals surface area (Å²) >= 11 is 1.91. The van der Waals surface area contributed by atoms with Gasteiger partial charge in [-0.3, -0.25) is 4.68 Å². The summed E-state index contributed by atoms with van der Waals surface area (Å²) in [6.45, 7) is 3.16. The molecule has 4 heteroatoms. The first kappa shape index (κ1) is 12.9. The Kier molecular flexibility index (Phi) is 3.71. The highest BCUT2D eigenvalue weighted by Crippen LogP contribution is 2.41. The van der Waals surface area contributed by atoms with Gasteiger partial charge >= 0.3 is 0 Å². The Morgan fingerprint density at radius 1 is 1.53 bits per heavy atom. The van der Waals surface area contributed by atoms with E-state index in [1.807, 2.05) is 29.3 Å². The van der Waals surface area contributed by atoms with Gasteiger partial charge in [0.25, 0.3) is 0 Å². The Morgan fingerprint density at radius 3 is 3.16 bits per heavy atom. The first-order valence-electron chi connectivity index (χ1n) is 7.08. The van der Waals surface area contributed by atoms with Crippen molar-refractivity contribution in [3.8, 4) is 0 Å². The molecule has 2 atom stereocenters. The predicted octanol–water partition coefficient (Wildman–Crippen LogP) is 3.25. The van der Waals surface area contributed by atoms with Crippen LogP contribution in [-0.2, 0) is 13.5 Å². The molecule has 2 aromatic heterocycles. The van der Waals surface area contributed by atoms with Crippen LogP contribution in [0, 0.1) is 0 Å². The largest absolute Gasteiger partial charge is 0.308 e. The molecule has 2 aromatic rings. The van der Waals surface area contributed by atoms with E-state index in [1.54, 1.807) is 10.4 Å². The summed E-state index contributed by atoms with van der Waals surface area (Å²) in [5, 5.41) is 10.5. The molecule has 0 bridgehead atoms. The Balaban J connectivity index is 1.93. The average Bonchev–Trinajstić information content (AvgIpc) is 3.04. The van der Waals surface area contributed by atoms with Crippen LogP contribution >= 0.6 is 11.3 Å². The van der Waals surface area contributed by atoms with E-state index in [1.165, 1.54) is 25.0 Å². The van der Waals surface area contributed by atoms with E-state index in [0.29, 0.717) is 12.0 Å². The van der Waals surface area contributed by atoms with Crippen LogP contribution < -0.4 is 5.32 Å². The topological polar surface area (TPSA) is 29.9 Å². The number of nitrogens with zero attached hydrogens (tertiary/aromatic N) is 2. The van der Waals surface area contributed by atoms with Gasteiger partial charge in [0.05, 0.1) is 11.7 Å². The fourth-order valence-corrected chi connectivity index (χ4v) is 4.14. The molecule has 0 aliphatic heterocycles. The normalized spacial score (nSPS) is 20.2. The van der Waals surface area contributed by atoms with Crippen molar-refractivity contribution in [3.05, 3.63) is 39.8 Å². The second kappa shape index (κ2) is 5.47. The molecule has 0 amide bonds. The number of nitrogens with one attached hydrogen (secondary N) is 1. The van der Waals surface area contributed by atoms with Crippen LogP contribution in [0.3, 0.4) is 0 Å². The lowest BCUT2D eigenvalue weighted by Gasteiger charge is -2.30. The second-order valence-electron chi connectivity index (χ2n) is 5.25. The van der Waals surface area contributed by atoms with Crippen molar-refractivity contribution < 1.29 is 0 Å². The third kappa shape index (κ3) is 2.47. The van der Waals surface area contributed by atoms with Crippen LogP contribution in [0.25, 0.3) is 0 Å². The lowest BCUT2D eigenvalue weighted by Crippen LogP contribution is -2.29. The molecule has 102 valence electrons. The molecule has 3 nitrogen and oxygen atoms in total. The van der Waals surface area contributed by atoms with Gasteiger partial charge in [-0.15, -0.1) is 11.3 Å². The minimum Gasteiger partial charge on any atom is -0.308 e. The van der Waals surface area contributed by atoms with Crippen molar-refractivity contribution >= 4 is 11.3 Å². The van der Waals surface area contributed by atoms with E-state index in [0.717, 1.165) is 6.54 Å². The monoisotopic (exact) mass is 275 g/mol. The van der Waals surface area contributed by atoms with E-state index in [-0.39, 0.29) is 0 Å². The summed E-state index contributed by atoms with van der Waals surface area (Å²) in [5.41, 5.74) is 2.72. The van der Waals surface area contributed by atoms with Crippen molar-refractivity contribution in [1.29, 1.82) is 0 Å². The van der Waals surface area contributed by atoms with Crippen LogP contribution in [0.15, 0.2) is 23.7 Å². The zero-order chi connectivity index (χ0) is 13.2. The molecule has 3 rings (SSSR count). The lowest BCUT2D eigenvalue weighted by molar-refractivity contribution is 0.401. The number of aryl methyl sites for hydroxylation is 2. The number of hydrogen-bond donors (Lipinski definition) is 1. The van der Waals surface area contributed by atoms with Crippen LogP contribution in [0.2, 0.25) is 0 Å². The molecule has 1 N–H and O–H groups in total. The van der Waals surface area contributed by atoms with Crippen LogP contribution in [0.5, 0.6) is 0 Å². The molecular formula is C15H21N3S. The number of hydrogen-bond acceptors (Lipinski definition) is 3. The summed E-state index contributed by atoms with van der Waals surface area (Å²) in [6, 6.07) is 4.81. The summed E-state index contributed by atoms with van der Waals surface area (Å²) in [5.74, 6) is 0.574. The number of thiophene rings is 1. The maximum absolute atomic E-state index is 4.62. The van der Waals surface area contributed by atoms with Crippen molar-refractivity contribution in [1.82, 2.24) is 15.1 Å². The van der Waals surface area contributed by atoms with Crippen LogP contribution in [0.4, 0.5) is 0 Å². The average molecular weight is 275 g/mol. The summed E-state index contributed by atoms with van der Waals surface area (Å²) in [4.78, 5) is 1.58. The van der Waals surface area contributed by atoms with E-state index < -0.39 is 0 Å². The molecule has 0 spiro atoms. The molecule has 0 radical (unpaired) electrons. The fourth-order valence-electron chi connectivity index (χ4n) is 3.14. The zero-order valence-corrected chi connectivity index (χ0v) is 12.4. The minimum absolute atomic E-state index is 0.347. The highest BCUT2D eigenvalue weighted by Gasteiger charge is 2.30. The molecule has 1 aliphatic rings. The molecule has 2 unspecified atom stereocenters. The van der Waals surface area contributed by atoms with E-state index in [2.05, 4.69) is 34.9 Å². The van der Waals surface area contributed by atoms with E-state index in [9.17, 15) is 0 Å². The Morgan fingerprint density at radius 2 is 2.42 bits per heavy atom. The van der Waals surface area contributed by atoms with Crippen molar-refractivity contribution in [2.24, 2.45) is 7.05 Å². The van der Waals surface area contributed by atoms with E-state index in [4.69, 9.17) is 0 Å². The standard InChI is InChI=1S/C15H21N3S/c1-3-16-15(13-7-9-18(2)17-13)12-5-4-6-14-11(12)8-10-19-14/h7-10,12,15-16H,3-6H2,1-2H3. The van der Waals surface area contributed by atoms with Gasteiger partial charge in [-0.2, -0.15) is 5.10 Å². The maximum atomic E-state index is 4.62. The van der Waals surface area contributed by atoms with Gasteiger partial charge in [-0.25, -0.2) is 0 Å². The zero-order valence-electron chi connectivity index (χ0n) is 11.6. The van der Waals surface area contributed by atoms with Gasteiger partial charge in [0.2, 0.25) is 0 Å². The number of likely N-dealkylation sites (N-methyl/N-ethyl adjacent to an activating group) is 1. The van der Waals surface area contributed by atoms with Crippen LogP contribution in [0.1, 0.15) is 47.9 Å². The molecule has 0 fully saturated rings. The minimum atomic E-state index is 0.347. The predicted molar refractivity (Wildman–Crippen MR) is 79.6 cm³/mol. The molecule has 2 heterocycles. The first-order chi connectivity index (χ1) is 9.29.